The van der Waals surface area contributed by atoms with Crippen LogP contribution in [0.2, 0.25) is 0 Å². The van der Waals surface area contributed by atoms with Crippen LogP contribution < -0.4 is 10.1 Å². The summed E-state index contributed by atoms with van der Waals surface area (Å²) in [7, 11) is 0. The SMILES string of the molecule is Cc1cc(OC(C)C)nc(NCc2ccoc2)n1. The van der Waals surface area contributed by atoms with Crippen molar-refractivity contribution in [2.45, 2.75) is 33.4 Å². The summed E-state index contributed by atoms with van der Waals surface area (Å²) in [4.78, 5) is 8.61. The van der Waals surface area contributed by atoms with Gasteiger partial charge in [0.25, 0.3) is 0 Å². The Morgan fingerprint density at radius 3 is 2.89 bits per heavy atom. The normalized spacial score (nSPS) is 10.7. The molecule has 0 amide bonds. The molecule has 0 atom stereocenters. The van der Waals surface area contributed by atoms with Crippen LogP contribution in [0.1, 0.15) is 25.1 Å². The van der Waals surface area contributed by atoms with Gasteiger partial charge in [-0.25, -0.2) is 4.98 Å². The molecule has 0 fully saturated rings. The highest BCUT2D eigenvalue weighted by molar-refractivity contribution is 5.31. The number of nitrogens with zero attached hydrogens (tertiary/aromatic N) is 2. The number of aromatic nitrogens is 2. The molecule has 0 aliphatic carbocycles. The van der Waals surface area contributed by atoms with Gasteiger partial charge in [0, 0.05) is 23.9 Å². The smallest absolute Gasteiger partial charge is 0.226 e. The van der Waals surface area contributed by atoms with Crippen LogP contribution >= 0.6 is 0 Å². The first-order valence-electron chi connectivity index (χ1n) is 5.91. The fourth-order valence-corrected chi connectivity index (χ4v) is 1.49. The Balaban J connectivity index is 2.05. The molecule has 18 heavy (non-hydrogen) atoms. The van der Waals surface area contributed by atoms with Gasteiger partial charge in [-0.3, -0.25) is 0 Å². The van der Waals surface area contributed by atoms with Gasteiger partial charge in [0.15, 0.2) is 0 Å². The average Bonchev–Trinajstić information content (AvgIpc) is 2.77. The molecule has 0 saturated carbocycles. The van der Waals surface area contributed by atoms with Crippen molar-refractivity contribution in [2.75, 3.05) is 5.32 Å². The number of aryl methyl sites for hydroxylation is 1. The summed E-state index contributed by atoms with van der Waals surface area (Å²) in [6.45, 7) is 6.48. The number of hydrogen-bond donors (Lipinski definition) is 1. The predicted molar refractivity (Wildman–Crippen MR) is 68.6 cm³/mol. The highest BCUT2D eigenvalue weighted by atomic mass is 16.5. The molecule has 2 aromatic rings. The maximum Gasteiger partial charge on any atom is 0.226 e. The maximum absolute atomic E-state index is 5.56. The van der Waals surface area contributed by atoms with Crippen molar-refractivity contribution in [3.05, 3.63) is 35.9 Å². The van der Waals surface area contributed by atoms with E-state index in [0.717, 1.165) is 11.3 Å². The number of ether oxygens (including phenoxy) is 1. The summed E-state index contributed by atoms with van der Waals surface area (Å²) in [5.74, 6) is 1.15. The van der Waals surface area contributed by atoms with Gasteiger partial charge in [-0.05, 0) is 26.8 Å². The quantitative estimate of drug-likeness (QED) is 0.880. The van der Waals surface area contributed by atoms with Gasteiger partial charge in [0.2, 0.25) is 11.8 Å². The number of rotatable bonds is 5. The van der Waals surface area contributed by atoms with Crippen molar-refractivity contribution < 1.29 is 9.15 Å². The van der Waals surface area contributed by atoms with Crippen LogP contribution in [-0.4, -0.2) is 16.1 Å². The van der Waals surface area contributed by atoms with Gasteiger partial charge in [0.05, 0.1) is 18.6 Å². The lowest BCUT2D eigenvalue weighted by Gasteiger charge is -2.11. The van der Waals surface area contributed by atoms with E-state index < -0.39 is 0 Å². The van der Waals surface area contributed by atoms with Crippen LogP contribution in [0.5, 0.6) is 5.88 Å². The Kier molecular flexibility index (Phi) is 3.82. The largest absolute Gasteiger partial charge is 0.475 e. The van der Waals surface area contributed by atoms with E-state index in [4.69, 9.17) is 9.15 Å². The first-order chi connectivity index (χ1) is 8.63. The third kappa shape index (κ3) is 3.48. The summed E-state index contributed by atoms with van der Waals surface area (Å²) in [6.07, 6.45) is 3.43. The van der Waals surface area contributed by atoms with Crippen LogP contribution in [-0.2, 0) is 6.54 Å². The van der Waals surface area contributed by atoms with Gasteiger partial charge in [-0.1, -0.05) is 0 Å². The van der Waals surface area contributed by atoms with Crippen LogP contribution in [0, 0.1) is 6.92 Å². The average molecular weight is 247 g/mol. The summed E-state index contributed by atoms with van der Waals surface area (Å²) in [6, 6.07) is 3.72. The van der Waals surface area contributed by atoms with Crippen LogP contribution in [0.4, 0.5) is 5.95 Å². The molecule has 0 radical (unpaired) electrons. The minimum absolute atomic E-state index is 0.0982. The summed E-state index contributed by atoms with van der Waals surface area (Å²) < 4.78 is 10.6. The molecule has 1 N–H and O–H groups in total. The standard InChI is InChI=1S/C13H17N3O2/c1-9(2)18-12-6-10(3)15-13(16-12)14-7-11-4-5-17-8-11/h4-6,8-9H,7H2,1-3H3,(H,14,15,16). The molecular formula is C13H17N3O2. The second-order valence-corrected chi connectivity index (χ2v) is 4.32. The fraction of sp³-hybridized carbons (Fsp3) is 0.385. The molecule has 2 heterocycles. The molecule has 0 saturated heterocycles. The monoisotopic (exact) mass is 247 g/mol. The zero-order chi connectivity index (χ0) is 13.0. The van der Waals surface area contributed by atoms with Crippen molar-refractivity contribution >= 4 is 5.95 Å². The molecule has 5 nitrogen and oxygen atoms in total. The zero-order valence-electron chi connectivity index (χ0n) is 10.8. The molecule has 0 aliphatic heterocycles. The van der Waals surface area contributed by atoms with Crippen molar-refractivity contribution in [1.82, 2.24) is 9.97 Å². The van der Waals surface area contributed by atoms with E-state index in [9.17, 15) is 0 Å². The minimum Gasteiger partial charge on any atom is -0.475 e. The second kappa shape index (κ2) is 5.53. The maximum atomic E-state index is 5.56. The molecule has 0 aromatic carbocycles. The van der Waals surface area contributed by atoms with Crippen LogP contribution in [0.15, 0.2) is 29.1 Å². The van der Waals surface area contributed by atoms with Crippen molar-refractivity contribution in [1.29, 1.82) is 0 Å². The van der Waals surface area contributed by atoms with Crippen LogP contribution in [0.3, 0.4) is 0 Å². The first kappa shape index (κ1) is 12.4. The van der Waals surface area contributed by atoms with Gasteiger partial charge in [-0.15, -0.1) is 0 Å². The lowest BCUT2D eigenvalue weighted by Crippen LogP contribution is -2.10. The Bertz CT molecular complexity index is 495. The predicted octanol–water partition coefficient (Wildman–Crippen LogP) is 2.78. The summed E-state index contributed by atoms with van der Waals surface area (Å²) in [5, 5.41) is 3.14. The van der Waals surface area contributed by atoms with E-state index in [1.807, 2.05) is 32.9 Å². The molecule has 5 heteroatoms. The second-order valence-electron chi connectivity index (χ2n) is 4.32. The minimum atomic E-state index is 0.0982. The van der Waals surface area contributed by atoms with Crippen LogP contribution in [0.25, 0.3) is 0 Å². The third-order valence-corrected chi connectivity index (χ3v) is 2.22. The van der Waals surface area contributed by atoms with E-state index >= 15 is 0 Å². The Morgan fingerprint density at radius 2 is 2.22 bits per heavy atom. The fourth-order valence-electron chi connectivity index (χ4n) is 1.49. The van der Waals surface area contributed by atoms with Gasteiger partial charge >= 0.3 is 0 Å². The van der Waals surface area contributed by atoms with Crippen molar-refractivity contribution in [2.24, 2.45) is 0 Å². The van der Waals surface area contributed by atoms with Gasteiger partial charge in [0.1, 0.15) is 0 Å². The number of anilines is 1. The molecule has 2 aromatic heterocycles. The number of nitrogens with one attached hydrogen (secondary N) is 1. The van der Waals surface area contributed by atoms with E-state index in [1.165, 1.54) is 0 Å². The Labute approximate surface area is 106 Å². The zero-order valence-corrected chi connectivity index (χ0v) is 10.8. The molecule has 2 rings (SSSR count). The summed E-state index contributed by atoms with van der Waals surface area (Å²) >= 11 is 0. The number of furan rings is 1. The molecule has 0 unspecified atom stereocenters. The molecule has 0 aliphatic rings. The van der Waals surface area contributed by atoms with Crippen molar-refractivity contribution in [3.63, 3.8) is 0 Å². The topological polar surface area (TPSA) is 60.2 Å². The Morgan fingerprint density at radius 1 is 1.39 bits per heavy atom. The molecule has 0 spiro atoms. The lowest BCUT2D eigenvalue weighted by molar-refractivity contribution is 0.232. The molecule has 0 bridgehead atoms. The molecular weight excluding hydrogens is 230 g/mol. The highest BCUT2D eigenvalue weighted by Crippen LogP contribution is 2.14. The van der Waals surface area contributed by atoms with E-state index in [0.29, 0.717) is 18.4 Å². The molecule has 96 valence electrons. The van der Waals surface area contributed by atoms with Crippen molar-refractivity contribution in [3.8, 4) is 5.88 Å². The Hall–Kier alpha value is -2.04. The lowest BCUT2D eigenvalue weighted by atomic mass is 10.3. The third-order valence-electron chi connectivity index (χ3n) is 2.22. The number of hydrogen-bond acceptors (Lipinski definition) is 5. The van der Waals surface area contributed by atoms with E-state index in [2.05, 4.69) is 15.3 Å². The van der Waals surface area contributed by atoms with Gasteiger partial charge < -0.3 is 14.5 Å². The first-order valence-corrected chi connectivity index (χ1v) is 5.91. The highest BCUT2D eigenvalue weighted by Gasteiger charge is 2.05. The van der Waals surface area contributed by atoms with E-state index in [-0.39, 0.29) is 6.10 Å². The summed E-state index contributed by atoms with van der Waals surface area (Å²) in [5.41, 5.74) is 1.92. The van der Waals surface area contributed by atoms with E-state index in [1.54, 1.807) is 12.5 Å². The van der Waals surface area contributed by atoms with Gasteiger partial charge in [-0.2, -0.15) is 4.98 Å².